The first kappa shape index (κ1) is 22.6. The van der Waals surface area contributed by atoms with Crippen LogP contribution in [0.5, 0.6) is 5.75 Å². The highest BCUT2D eigenvalue weighted by Gasteiger charge is 2.21. The van der Waals surface area contributed by atoms with Gasteiger partial charge in [-0.15, -0.1) is 10.2 Å². The molecule has 1 saturated heterocycles. The van der Waals surface area contributed by atoms with Crippen LogP contribution in [0.3, 0.4) is 0 Å². The SMILES string of the molecule is COc1ccc(-n2cnnc2SCC(=O)NC2CCN(Cc3ccc(Cl)cc3)CC2)cc1. The lowest BCUT2D eigenvalue weighted by Gasteiger charge is -2.32. The summed E-state index contributed by atoms with van der Waals surface area (Å²) in [5.74, 6) is 1.12. The molecule has 0 saturated carbocycles. The number of hydrogen-bond donors (Lipinski definition) is 1. The molecule has 0 atom stereocenters. The van der Waals surface area contributed by atoms with Crippen molar-refractivity contribution in [2.45, 2.75) is 30.6 Å². The maximum atomic E-state index is 12.5. The Morgan fingerprint density at radius 2 is 1.88 bits per heavy atom. The summed E-state index contributed by atoms with van der Waals surface area (Å²) < 4.78 is 7.07. The van der Waals surface area contributed by atoms with Crippen molar-refractivity contribution in [2.75, 3.05) is 26.0 Å². The molecular formula is C23H26ClN5O2S. The van der Waals surface area contributed by atoms with E-state index in [0.29, 0.717) is 10.9 Å². The monoisotopic (exact) mass is 471 g/mol. The molecule has 1 amide bonds. The summed E-state index contributed by atoms with van der Waals surface area (Å²) >= 11 is 7.35. The maximum absolute atomic E-state index is 12.5. The summed E-state index contributed by atoms with van der Waals surface area (Å²) in [5.41, 5.74) is 2.18. The van der Waals surface area contributed by atoms with Crippen molar-refractivity contribution in [3.8, 4) is 11.4 Å². The summed E-state index contributed by atoms with van der Waals surface area (Å²) in [5, 5.41) is 12.8. The number of methoxy groups -OCH3 is 1. The highest BCUT2D eigenvalue weighted by atomic mass is 35.5. The van der Waals surface area contributed by atoms with E-state index < -0.39 is 0 Å². The van der Waals surface area contributed by atoms with Gasteiger partial charge in [-0.05, 0) is 54.8 Å². The molecular weight excluding hydrogens is 446 g/mol. The van der Waals surface area contributed by atoms with E-state index in [2.05, 4.69) is 32.5 Å². The molecule has 0 spiro atoms. The molecule has 1 aromatic heterocycles. The molecule has 1 N–H and O–H groups in total. The number of hydrogen-bond acceptors (Lipinski definition) is 6. The second-order valence-corrected chi connectivity index (χ2v) is 9.09. The van der Waals surface area contributed by atoms with Crippen molar-refractivity contribution < 1.29 is 9.53 Å². The van der Waals surface area contributed by atoms with Crippen molar-refractivity contribution in [1.29, 1.82) is 0 Å². The number of amides is 1. The zero-order valence-electron chi connectivity index (χ0n) is 17.9. The first-order chi connectivity index (χ1) is 15.6. The third kappa shape index (κ3) is 6.03. The standard InChI is InChI=1S/C23H26ClN5O2S/c1-31-21-8-6-20(7-9-21)29-16-25-27-23(29)32-15-22(30)26-19-10-12-28(13-11-19)14-17-2-4-18(24)5-3-17/h2-9,16,19H,10-15H2,1H3,(H,26,30). The lowest BCUT2D eigenvalue weighted by molar-refractivity contribution is -0.119. The number of aromatic nitrogens is 3. The van der Waals surface area contributed by atoms with Crippen LogP contribution in [-0.2, 0) is 11.3 Å². The molecule has 168 valence electrons. The van der Waals surface area contributed by atoms with E-state index in [9.17, 15) is 4.79 Å². The largest absolute Gasteiger partial charge is 0.497 e. The van der Waals surface area contributed by atoms with Gasteiger partial charge < -0.3 is 10.1 Å². The summed E-state index contributed by atoms with van der Waals surface area (Å²) in [6.07, 6.45) is 3.55. The number of piperidine rings is 1. The van der Waals surface area contributed by atoms with Gasteiger partial charge in [-0.2, -0.15) is 0 Å². The second kappa shape index (κ2) is 10.8. The normalized spacial score (nSPS) is 14.9. The van der Waals surface area contributed by atoms with Gasteiger partial charge in [0.25, 0.3) is 0 Å². The van der Waals surface area contributed by atoms with Gasteiger partial charge >= 0.3 is 0 Å². The van der Waals surface area contributed by atoms with Crippen molar-refractivity contribution in [3.05, 3.63) is 65.4 Å². The molecule has 9 heteroatoms. The van der Waals surface area contributed by atoms with Gasteiger partial charge in [0, 0.05) is 36.4 Å². The Morgan fingerprint density at radius 1 is 1.16 bits per heavy atom. The van der Waals surface area contributed by atoms with E-state index in [-0.39, 0.29) is 11.9 Å². The smallest absolute Gasteiger partial charge is 0.230 e. The minimum atomic E-state index is 0.0235. The number of ether oxygens (including phenoxy) is 1. The third-order valence-corrected chi connectivity index (χ3v) is 6.67. The lowest BCUT2D eigenvalue weighted by Crippen LogP contribution is -2.44. The Balaban J connectivity index is 1.22. The molecule has 0 unspecified atom stereocenters. The van der Waals surface area contributed by atoms with Gasteiger partial charge in [0.2, 0.25) is 5.91 Å². The molecule has 2 aromatic carbocycles. The fourth-order valence-electron chi connectivity index (χ4n) is 3.73. The molecule has 2 heterocycles. The van der Waals surface area contributed by atoms with Crippen LogP contribution in [0.4, 0.5) is 0 Å². The highest BCUT2D eigenvalue weighted by molar-refractivity contribution is 7.99. The van der Waals surface area contributed by atoms with Gasteiger partial charge in [-0.25, -0.2) is 0 Å². The molecule has 4 rings (SSSR count). The van der Waals surface area contributed by atoms with Crippen molar-refractivity contribution in [2.24, 2.45) is 0 Å². The Bertz CT molecular complexity index is 1020. The average molecular weight is 472 g/mol. The molecule has 1 aliphatic heterocycles. The molecule has 0 radical (unpaired) electrons. The van der Waals surface area contributed by atoms with Crippen molar-refractivity contribution >= 4 is 29.3 Å². The highest BCUT2D eigenvalue weighted by Crippen LogP contribution is 2.22. The minimum absolute atomic E-state index is 0.0235. The molecule has 32 heavy (non-hydrogen) atoms. The molecule has 3 aromatic rings. The summed E-state index contributed by atoms with van der Waals surface area (Å²) in [4.78, 5) is 14.9. The molecule has 1 fully saturated rings. The Labute approximate surface area is 197 Å². The Hall–Kier alpha value is -2.55. The van der Waals surface area contributed by atoms with Crippen molar-refractivity contribution in [1.82, 2.24) is 25.0 Å². The number of rotatable bonds is 8. The van der Waals surface area contributed by atoms with E-state index in [1.807, 2.05) is 41.0 Å². The number of thioether (sulfide) groups is 1. The van der Waals surface area contributed by atoms with Gasteiger partial charge in [0.05, 0.1) is 12.9 Å². The number of carbonyl (C=O) groups excluding carboxylic acids is 1. The number of carbonyl (C=O) groups is 1. The number of halogens is 1. The Morgan fingerprint density at radius 3 is 2.56 bits per heavy atom. The van der Waals surface area contributed by atoms with Gasteiger partial charge in [0.15, 0.2) is 5.16 Å². The van der Waals surface area contributed by atoms with E-state index in [1.165, 1.54) is 17.3 Å². The van der Waals surface area contributed by atoms with Crippen LogP contribution < -0.4 is 10.1 Å². The summed E-state index contributed by atoms with van der Waals surface area (Å²) in [6.45, 7) is 2.84. The van der Waals surface area contributed by atoms with Gasteiger partial charge in [-0.1, -0.05) is 35.5 Å². The fraction of sp³-hybridized carbons (Fsp3) is 0.348. The van der Waals surface area contributed by atoms with E-state index in [0.717, 1.165) is 48.9 Å². The lowest BCUT2D eigenvalue weighted by atomic mass is 10.0. The van der Waals surface area contributed by atoms with Crippen molar-refractivity contribution in [3.63, 3.8) is 0 Å². The second-order valence-electron chi connectivity index (χ2n) is 7.71. The minimum Gasteiger partial charge on any atom is -0.497 e. The number of nitrogens with one attached hydrogen (secondary N) is 1. The first-order valence-corrected chi connectivity index (χ1v) is 11.9. The molecule has 0 aliphatic carbocycles. The van der Waals surface area contributed by atoms with Crippen LogP contribution in [0.1, 0.15) is 18.4 Å². The number of nitrogens with zero attached hydrogens (tertiary/aromatic N) is 4. The predicted molar refractivity (Wildman–Crippen MR) is 127 cm³/mol. The van der Waals surface area contributed by atoms with Crippen LogP contribution in [-0.4, -0.2) is 57.6 Å². The number of likely N-dealkylation sites (tertiary alicyclic amines) is 1. The van der Waals surface area contributed by atoms with E-state index in [1.54, 1.807) is 13.4 Å². The zero-order valence-corrected chi connectivity index (χ0v) is 19.5. The van der Waals surface area contributed by atoms with Gasteiger partial charge in [-0.3, -0.25) is 14.3 Å². The predicted octanol–water partition coefficient (Wildman–Crippen LogP) is 3.80. The summed E-state index contributed by atoms with van der Waals surface area (Å²) in [6, 6.07) is 15.8. The Kier molecular flexibility index (Phi) is 7.68. The third-order valence-electron chi connectivity index (χ3n) is 5.47. The van der Waals surface area contributed by atoms with E-state index >= 15 is 0 Å². The van der Waals surface area contributed by atoms with E-state index in [4.69, 9.17) is 16.3 Å². The van der Waals surface area contributed by atoms with Crippen LogP contribution >= 0.6 is 23.4 Å². The molecule has 7 nitrogen and oxygen atoms in total. The van der Waals surface area contributed by atoms with Crippen LogP contribution in [0.2, 0.25) is 5.02 Å². The fourth-order valence-corrected chi connectivity index (χ4v) is 4.59. The van der Waals surface area contributed by atoms with Gasteiger partial charge in [0.1, 0.15) is 12.1 Å². The topological polar surface area (TPSA) is 72.3 Å². The summed E-state index contributed by atoms with van der Waals surface area (Å²) in [7, 11) is 1.64. The molecule has 0 bridgehead atoms. The van der Waals surface area contributed by atoms with Crippen LogP contribution in [0.15, 0.2) is 60.0 Å². The number of benzene rings is 2. The maximum Gasteiger partial charge on any atom is 0.230 e. The quantitative estimate of drug-likeness (QED) is 0.504. The molecule has 1 aliphatic rings. The first-order valence-electron chi connectivity index (χ1n) is 10.5. The average Bonchev–Trinajstić information content (AvgIpc) is 3.29. The zero-order chi connectivity index (χ0) is 22.3. The van der Waals surface area contributed by atoms with Crippen LogP contribution in [0.25, 0.3) is 5.69 Å². The van der Waals surface area contributed by atoms with Crippen LogP contribution in [0, 0.1) is 0 Å².